The van der Waals surface area contributed by atoms with Crippen molar-refractivity contribution >= 4 is 21.6 Å². The summed E-state index contributed by atoms with van der Waals surface area (Å²) in [4.78, 5) is 12.9. The van der Waals surface area contributed by atoms with Gasteiger partial charge in [0.05, 0.1) is 4.90 Å². The molecule has 1 N–H and O–H groups in total. The van der Waals surface area contributed by atoms with Gasteiger partial charge in [-0.2, -0.15) is 4.31 Å². The molecule has 0 bridgehead atoms. The van der Waals surface area contributed by atoms with Gasteiger partial charge in [0, 0.05) is 29.9 Å². The number of rotatable bonds is 6. The Morgan fingerprint density at radius 3 is 2.60 bits per heavy atom. The highest BCUT2D eigenvalue weighted by molar-refractivity contribution is 7.89. The van der Waals surface area contributed by atoms with Crippen molar-refractivity contribution in [3.05, 3.63) is 54.2 Å². The van der Waals surface area contributed by atoms with Crippen LogP contribution in [-0.2, 0) is 10.0 Å². The van der Waals surface area contributed by atoms with E-state index in [0.29, 0.717) is 48.3 Å². The van der Waals surface area contributed by atoms with Crippen LogP contribution in [0.15, 0.2) is 57.9 Å². The zero-order chi connectivity index (χ0) is 24.4. The van der Waals surface area contributed by atoms with E-state index in [2.05, 4.69) is 10.5 Å². The lowest BCUT2D eigenvalue weighted by Gasteiger charge is -2.34. The molecule has 35 heavy (non-hydrogen) atoms. The summed E-state index contributed by atoms with van der Waals surface area (Å²) in [6.45, 7) is 3.53. The first-order valence-corrected chi connectivity index (χ1v) is 13.2. The van der Waals surface area contributed by atoms with E-state index in [0.717, 1.165) is 25.7 Å². The minimum atomic E-state index is -3.58. The number of carbonyl (C=O) groups excluding carboxylic acids is 1. The molecule has 1 aromatic heterocycles. The summed E-state index contributed by atoms with van der Waals surface area (Å²) in [6, 6.07) is 13.2. The van der Waals surface area contributed by atoms with Crippen molar-refractivity contribution in [3.63, 3.8) is 0 Å². The van der Waals surface area contributed by atoms with Crippen molar-refractivity contribution < 1.29 is 27.2 Å². The quantitative estimate of drug-likeness (QED) is 0.540. The number of carbonyl (C=O) groups is 1. The van der Waals surface area contributed by atoms with E-state index in [1.54, 1.807) is 40.7 Å². The first-order chi connectivity index (χ1) is 17.0. The molecule has 0 aliphatic carbocycles. The van der Waals surface area contributed by atoms with Crippen LogP contribution in [0.4, 0.5) is 5.69 Å². The molecule has 0 radical (unpaired) electrons. The van der Waals surface area contributed by atoms with Crippen molar-refractivity contribution in [2.75, 3.05) is 25.1 Å². The van der Waals surface area contributed by atoms with Gasteiger partial charge >= 0.3 is 0 Å². The molecular weight excluding hydrogens is 470 g/mol. The Kier molecular flexibility index (Phi) is 6.48. The van der Waals surface area contributed by atoms with E-state index in [1.807, 2.05) is 6.92 Å². The number of sulfonamides is 1. The van der Waals surface area contributed by atoms with Crippen LogP contribution < -0.4 is 14.8 Å². The molecule has 184 valence electrons. The highest BCUT2D eigenvalue weighted by Crippen LogP contribution is 2.35. The molecule has 10 heteroatoms. The van der Waals surface area contributed by atoms with Crippen molar-refractivity contribution in [1.29, 1.82) is 0 Å². The molecule has 0 spiro atoms. The van der Waals surface area contributed by atoms with Crippen LogP contribution >= 0.6 is 0 Å². The number of ether oxygens (including phenoxy) is 2. The van der Waals surface area contributed by atoms with Crippen LogP contribution in [0.1, 0.15) is 43.1 Å². The summed E-state index contributed by atoms with van der Waals surface area (Å²) >= 11 is 0. The molecule has 0 unspecified atom stereocenters. The predicted molar refractivity (Wildman–Crippen MR) is 129 cm³/mol. The van der Waals surface area contributed by atoms with Gasteiger partial charge in [-0.05, 0) is 61.7 Å². The molecule has 1 fully saturated rings. The smallest absolute Gasteiger partial charge is 0.277 e. The summed E-state index contributed by atoms with van der Waals surface area (Å²) < 4.78 is 44.4. The second-order valence-corrected chi connectivity index (χ2v) is 10.5. The largest absolute Gasteiger partial charge is 0.486 e. The third-order valence-corrected chi connectivity index (χ3v) is 8.30. The number of benzene rings is 2. The fraction of sp³-hybridized carbons (Fsp3) is 0.360. The fourth-order valence-corrected chi connectivity index (χ4v) is 6.22. The van der Waals surface area contributed by atoms with Crippen molar-refractivity contribution in [1.82, 2.24) is 9.46 Å². The van der Waals surface area contributed by atoms with E-state index >= 15 is 0 Å². The average Bonchev–Trinajstić information content (AvgIpc) is 3.39. The Labute approximate surface area is 204 Å². The van der Waals surface area contributed by atoms with Crippen molar-refractivity contribution in [3.8, 4) is 22.8 Å². The van der Waals surface area contributed by atoms with Gasteiger partial charge < -0.3 is 19.3 Å². The van der Waals surface area contributed by atoms with E-state index < -0.39 is 15.9 Å². The third kappa shape index (κ3) is 4.76. The van der Waals surface area contributed by atoms with Crippen LogP contribution in [0.25, 0.3) is 11.3 Å². The molecule has 1 saturated heterocycles. The van der Waals surface area contributed by atoms with Gasteiger partial charge in [-0.15, -0.1) is 0 Å². The maximum Gasteiger partial charge on any atom is 0.277 e. The van der Waals surface area contributed by atoms with Crippen LogP contribution in [0.5, 0.6) is 11.5 Å². The normalized spacial score (nSPS) is 18.3. The van der Waals surface area contributed by atoms with E-state index in [-0.39, 0.29) is 16.6 Å². The molecule has 2 aromatic carbocycles. The van der Waals surface area contributed by atoms with Gasteiger partial charge in [-0.1, -0.05) is 18.5 Å². The Morgan fingerprint density at radius 2 is 1.83 bits per heavy atom. The van der Waals surface area contributed by atoms with Gasteiger partial charge in [0.2, 0.25) is 10.0 Å². The number of aromatic nitrogens is 1. The summed E-state index contributed by atoms with van der Waals surface area (Å²) in [5.41, 5.74) is 1.27. The summed E-state index contributed by atoms with van der Waals surface area (Å²) in [6.07, 6.45) is 3.60. The lowest BCUT2D eigenvalue weighted by molar-refractivity contribution is 0.101. The van der Waals surface area contributed by atoms with Crippen LogP contribution in [-0.4, -0.2) is 49.6 Å². The van der Waals surface area contributed by atoms with Gasteiger partial charge in [-0.25, -0.2) is 8.42 Å². The molecule has 2 aliphatic heterocycles. The van der Waals surface area contributed by atoms with E-state index in [1.165, 1.54) is 12.1 Å². The predicted octanol–water partition coefficient (Wildman–Crippen LogP) is 4.32. The first-order valence-electron chi connectivity index (χ1n) is 11.8. The van der Waals surface area contributed by atoms with Gasteiger partial charge in [0.1, 0.15) is 13.2 Å². The van der Waals surface area contributed by atoms with Crippen LogP contribution in [0, 0.1) is 0 Å². The molecule has 5 rings (SSSR count). The number of hydrogen-bond acceptors (Lipinski definition) is 7. The summed E-state index contributed by atoms with van der Waals surface area (Å²) in [5.74, 6) is 1.23. The van der Waals surface area contributed by atoms with Gasteiger partial charge in [0.15, 0.2) is 23.0 Å². The number of anilines is 1. The van der Waals surface area contributed by atoms with Gasteiger partial charge in [0.25, 0.3) is 5.91 Å². The van der Waals surface area contributed by atoms with Gasteiger partial charge in [-0.3, -0.25) is 4.79 Å². The Morgan fingerprint density at radius 1 is 1.06 bits per heavy atom. The molecular formula is C25H27N3O6S. The summed E-state index contributed by atoms with van der Waals surface area (Å²) in [7, 11) is -3.58. The SMILES string of the molecule is CC[C@@H]1CCCCN1S(=O)(=O)c1ccc(NC(=O)c2cc(-c3ccc4c(c3)OCCO4)on2)cc1. The molecule has 1 atom stereocenters. The standard InChI is InChI=1S/C25H27N3O6S/c1-2-19-5-3-4-12-28(19)35(30,31)20-9-7-18(8-10-20)26-25(29)21-16-23(34-27-21)17-6-11-22-24(15-17)33-14-13-32-22/h6-11,15-16,19H,2-5,12-14H2,1H3,(H,26,29)/t19-/m1/s1. The lowest BCUT2D eigenvalue weighted by Crippen LogP contribution is -2.43. The highest BCUT2D eigenvalue weighted by Gasteiger charge is 2.32. The zero-order valence-electron chi connectivity index (χ0n) is 19.4. The monoisotopic (exact) mass is 497 g/mol. The number of amides is 1. The van der Waals surface area contributed by atoms with E-state index in [9.17, 15) is 13.2 Å². The van der Waals surface area contributed by atoms with Crippen LogP contribution in [0.2, 0.25) is 0 Å². The van der Waals surface area contributed by atoms with E-state index in [4.69, 9.17) is 14.0 Å². The topological polar surface area (TPSA) is 111 Å². The Hall–Kier alpha value is -3.37. The second kappa shape index (κ2) is 9.71. The first kappa shape index (κ1) is 23.4. The molecule has 0 saturated carbocycles. The average molecular weight is 498 g/mol. The minimum Gasteiger partial charge on any atom is -0.486 e. The number of nitrogens with one attached hydrogen (secondary N) is 1. The Bertz CT molecular complexity index is 1320. The molecule has 9 nitrogen and oxygen atoms in total. The maximum absolute atomic E-state index is 13.1. The molecule has 1 amide bonds. The maximum atomic E-state index is 13.1. The highest BCUT2D eigenvalue weighted by atomic mass is 32.2. The molecule has 2 aliphatic rings. The third-order valence-electron chi connectivity index (χ3n) is 6.33. The van der Waals surface area contributed by atoms with Crippen molar-refractivity contribution in [2.24, 2.45) is 0 Å². The molecule has 3 heterocycles. The Balaban J connectivity index is 1.27. The zero-order valence-corrected chi connectivity index (χ0v) is 20.2. The number of piperidine rings is 1. The lowest BCUT2D eigenvalue weighted by atomic mass is 10.0. The number of nitrogens with zero attached hydrogens (tertiary/aromatic N) is 2. The van der Waals surface area contributed by atoms with Crippen LogP contribution in [0.3, 0.4) is 0 Å². The second-order valence-electron chi connectivity index (χ2n) is 8.59. The van der Waals surface area contributed by atoms with Crippen molar-refractivity contribution in [2.45, 2.75) is 43.5 Å². The fourth-order valence-electron chi connectivity index (χ4n) is 4.45. The molecule has 3 aromatic rings. The number of fused-ring (bicyclic) bond motifs is 1. The minimum absolute atomic E-state index is 0.0312. The summed E-state index contributed by atoms with van der Waals surface area (Å²) in [5, 5.41) is 6.61. The number of hydrogen-bond donors (Lipinski definition) is 1.